The molecule has 0 aromatic heterocycles. The standard InChI is InChI=1S/C11H14BrNO/c1-8-3-5-10(6-4-8)9(2)13-11(14)7-12/h3-6,9H,7H2,1-2H3,(H,13,14)/t9-/m0/s1/i1D3. The van der Waals surface area contributed by atoms with Gasteiger partial charge in [0.25, 0.3) is 0 Å². The lowest BCUT2D eigenvalue weighted by molar-refractivity contribution is -0.119. The normalized spacial score (nSPS) is 16.3. The van der Waals surface area contributed by atoms with Crippen molar-refractivity contribution in [3.63, 3.8) is 0 Å². The highest BCUT2D eigenvalue weighted by Gasteiger charge is 2.07. The van der Waals surface area contributed by atoms with E-state index >= 15 is 0 Å². The molecule has 1 amide bonds. The van der Waals surface area contributed by atoms with E-state index in [0.717, 1.165) is 5.56 Å². The molecule has 0 saturated heterocycles. The van der Waals surface area contributed by atoms with Gasteiger partial charge in [-0.1, -0.05) is 45.8 Å². The zero-order chi connectivity index (χ0) is 13.1. The molecule has 0 aliphatic rings. The smallest absolute Gasteiger partial charge is 0.231 e. The van der Waals surface area contributed by atoms with Crippen LogP contribution in [0.4, 0.5) is 0 Å². The maximum atomic E-state index is 11.2. The van der Waals surface area contributed by atoms with Crippen LogP contribution in [0.5, 0.6) is 0 Å². The van der Waals surface area contributed by atoms with Crippen LogP contribution >= 0.6 is 15.9 Å². The van der Waals surface area contributed by atoms with Crippen LogP contribution in [0.3, 0.4) is 0 Å². The van der Waals surface area contributed by atoms with Gasteiger partial charge >= 0.3 is 0 Å². The van der Waals surface area contributed by atoms with Crippen LogP contribution in [-0.2, 0) is 4.79 Å². The summed E-state index contributed by atoms with van der Waals surface area (Å²) in [6.07, 6.45) is 0. The number of nitrogens with one attached hydrogen (secondary N) is 1. The molecule has 1 aromatic carbocycles. The molecule has 0 aliphatic carbocycles. The third-order valence-corrected chi connectivity index (χ3v) is 2.42. The molecule has 0 fully saturated rings. The van der Waals surface area contributed by atoms with E-state index < -0.39 is 6.85 Å². The van der Waals surface area contributed by atoms with E-state index in [9.17, 15) is 4.79 Å². The third kappa shape index (κ3) is 3.14. The molecular weight excluding hydrogens is 242 g/mol. The van der Waals surface area contributed by atoms with Crippen LogP contribution in [0.1, 0.15) is 28.2 Å². The minimum atomic E-state index is -2.08. The fourth-order valence-electron chi connectivity index (χ4n) is 1.14. The van der Waals surface area contributed by atoms with Crippen molar-refractivity contribution < 1.29 is 8.91 Å². The van der Waals surface area contributed by atoms with Crippen LogP contribution in [0.2, 0.25) is 0 Å². The lowest BCUT2D eigenvalue weighted by atomic mass is 10.1. The quantitative estimate of drug-likeness (QED) is 0.830. The van der Waals surface area contributed by atoms with E-state index in [4.69, 9.17) is 4.11 Å². The first kappa shape index (κ1) is 7.46. The fourth-order valence-corrected chi connectivity index (χ4v) is 1.30. The highest BCUT2D eigenvalue weighted by atomic mass is 79.9. The van der Waals surface area contributed by atoms with Gasteiger partial charge in [-0.25, -0.2) is 0 Å². The number of aryl methyl sites for hydroxylation is 1. The molecule has 1 N–H and O–H groups in total. The van der Waals surface area contributed by atoms with Crippen LogP contribution in [0.25, 0.3) is 0 Å². The molecule has 14 heavy (non-hydrogen) atoms. The molecule has 1 rings (SSSR count). The zero-order valence-electron chi connectivity index (χ0n) is 10.9. The summed E-state index contributed by atoms with van der Waals surface area (Å²) in [4.78, 5) is 11.2. The summed E-state index contributed by atoms with van der Waals surface area (Å²) in [7, 11) is 0. The van der Waals surface area contributed by atoms with Crippen LogP contribution in [0.15, 0.2) is 24.3 Å². The Hall–Kier alpha value is -0.830. The number of hydrogen-bond donors (Lipinski definition) is 1. The molecule has 3 heteroatoms. The van der Waals surface area contributed by atoms with Gasteiger partial charge in [0, 0.05) is 4.11 Å². The van der Waals surface area contributed by atoms with E-state index in [0.29, 0.717) is 5.56 Å². The number of halogens is 1. The van der Waals surface area contributed by atoms with Crippen molar-refractivity contribution in [2.45, 2.75) is 19.8 Å². The van der Waals surface area contributed by atoms with Gasteiger partial charge in [-0.05, 0) is 19.3 Å². The van der Waals surface area contributed by atoms with Crippen molar-refractivity contribution in [1.82, 2.24) is 5.32 Å². The molecule has 0 radical (unpaired) electrons. The Kier molecular flexibility index (Phi) is 2.74. The van der Waals surface area contributed by atoms with E-state index in [-0.39, 0.29) is 17.3 Å². The van der Waals surface area contributed by atoms with Gasteiger partial charge in [0.2, 0.25) is 5.91 Å². The number of rotatable bonds is 3. The number of carbonyl (C=O) groups excluding carboxylic acids is 1. The van der Waals surface area contributed by atoms with Gasteiger partial charge in [-0.15, -0.1) is 0 Å². The monoisotopic (exact) mass is 258 g/mol. The summed E-state index contributed by atoms with van der Waals surface area (Å²) in [5, 5.41) is 3.03. The van der Waals surface area contributed by atoms with Gasteiger partial charge in [0.15, 0.2) is 0 Å². The van der Waals surface area contributed by atoms with Crippen molar-refractivity contribution in [3.05, 3.63) is 35.4 Å². The molecule has 0 heterocycles. The molecular formula is C11H14BrNO. The second kappa shape index (κ2) is 5.15. The molecule has 0 unspecified atom stereocenters. The Bertz CT molecular complexity index is 389. The number of carbonyl (C=O) groups is 1. The Labute approximate surface area is 97.0 Å². The predicted octanol–water partition coefficient (Wildman–Crippen LogP) is 2.57. The van der Waals surface area contributed by atoms with Crippen LogP contribution < -0.4 is 5.32 Å². The molecule has 76 valence electrons. The van der Waals surface area contributed by atoms with Gasteiger partial charge < -0.3 is 5.32 Å². The Morgan fingerprint density at radius 2 is 2.21 bits per heavy atom. The number of amides is 1. The van der Waals surface area contributed by atoms with E-state index in [1.165, 1.54) is 0 Å². The van der Waals surface area contributed by atoms with Gasteiger partial charge in [-0.2, -0.15) is 0 Å². The molecule has 0 spiro atoms. The molecule has 0 saturated carbocycles. The SMILES string of the molecule is [2H]C([2H])([2H])c1ccc([C@H](C)NC(=O)CBr)cc1. The summed E-state index contributed by atoms with van der Waals surface area (Å²) in [5.41, 5.74) is 1.19. The average Bonchev–Trinajstić information content (AvgIpc) is 2.27. The van der Waals surface area contributed by atoms with E-state index in [1.807, 2.05) is 6.92 Å². The fraction of sp³-hybridized carbons (Fsp3) is 0.364. The minimum Gasteiger partial charge on any atom is -0.349 e. The van der Waals surface area contributed by atoms with Crippen LogP contribution in [-0.4, -0.2) is 11.2 Å². The number of alkyl halides is 1. The Morgan fingerprint density at radius 1 is 1.57 bits per heavy atom. The van der Waals surface area contributed by atoms with Crippen molar-refractivity contribution in [3.8, 4) is 0 Å². The summed E-state index contributed by atoms with van der Waals surface area (Å²) in [6.45, 7) is -0.230. The number of benzene rings is 1. The Morgan fingerprint density at radius 3 is 2.71 bits per heavy atom. The molecule has 0 aliphatic heterocycles. The van der Waals surface area contributed by atoms with Crippen molar-refractivity contribution in [2.75, 3.05) is 5.33 Å². The van der Waals surface area contributed by atoms with E-state index in [1.54, 1.807) is 24.3 Å². The molecule has 2 nitrogen and oxygen atoms in total. The topological polar surface area (TPSA) is 29.1 Å². The predicted molar refractivity (Wildman–Crippen MR) is 61.5 cm³/mol. The second-order valence-corrected chi connectivity index (χ2v) is 3.61. The zero-order valence-corrected chi connectivity index (χ0v) is 9.47. The Balaban J connectivity index is 2.77. The summed E-state index contributed by atoms with van der Waals surface area (Å²) in [5.74, 6) is -0.0996. The van der Waals surface area contributed by atoms with Crippen molar-refractivity contribution in [2.24, 2.45) is 0 Å². The summed E-state index contributed by atoms with van der Waals surface area (Å²) in [6, 6.07) is 6.45. The van der Waals surface area contributed by atoms with Crippen molar-refractivity contribution in [1.29, 1.82) is 0 Å². The van der Waals surface area contributed by atoms with Gasteiger partial charge in [0.05, 0.1) is 11.4 Å². The second-order valence-electron chi connectivity index (χ2n) is 3.04. The minimum absolute atomic E-state index is 0.0996. The first-order valence-electron chi connectivity index (χ1n) is 5.80. The number of hydrogen-bond acceptors (Lipinski definition) is 1. The molecule has 0 bridgehead atoms. The third-order valence-electron chi connectivity index (χ3n) is 1.91. The lowest BCUT2D eigenvalue weighted by Crippen LogP contribution is -2.27. The molecule has 1 aromatic rings. The maximum absolute atomic E-state index is 11.2. The maximum Gasteiger partial charge on any atom is 0.231 e. The first-order chi connectivity index (χ1) is 7.84. The van der Waals surface area contributed by atoms with Gasteiger partial charge in [-0.3, -0.25) is 4.79 Å². The average molecular weight is 259 g/mol. The summed E-state index contributed by atoms with van der Waals surface area (Å²) >= 11 is 3.07. The van der Waals surface area contributed by atoms with Crippen LogP contribution in [0, 0.1) is 6.85 Å². The lowest BCUT2D eigenvalue weighted by Gasteiger charge is -2.13. The van der Waals surface area contributed by atoms with Crippen molar-refractivity contribution >= 4 is 21.8 Å². The van der Waals surface area contributed by atoms with Gasteiger partial charge in [0.1, 0.15) is 0 Å². The highest BCUT2D eigenvalue weighted by molar-refractivity contribution is 9.09. The summed E-state index contributed by atoms with van der Waals surface area (Å²) < 4.78 is 21.8. The first-order valence-corrected chi connectivity index (χ1v) is 5.42. The largest absolute Gasteiger partial charge is 0.349 e. The molecule has 1 atom stereocenters. The van der Waals surface area contributed by atoms with E-state index in [2.05, 4.69) is 21.2 Å². The highest BCUT2D eigenvalue weighted by Crippen LogP contribution is 2.12.